The molecule has 0 N–H and O–H groups in total. The molecule has 0 heteroatoms. The molecule has 0 bridgehead atoms. The second-order valence-corrected chi connectivity index (χ2v) is 6.37. The lowest BCUT2D eigenvalue weighted by Gasteiger charge is -2.25. The molecule has 0 atom stereocenters. The summed E-state index contributed by atoms with van der Waals surface area (Å²) in [6, 6.07) is 0. The van der Waals surface area contributed by atoms with Gasteiger partial charge in [0.1, 0.15) is 0 Å². The topological polar surface area (TPSA) is 0 Å². The Hall–Kier alpha value is -0.440. The summed E-state index contributed by atoms with van der Waals surface area (Å²) in [4.78, 5) is 0. The van der Waals surface area contributed by atoms with Crippen LogP contribution in [0.4, 0.5) is 0 Å². The van der Waals surface area contributed by atoms with Crippen molar-refractivity contribution in [3.8, 4) is 11.8 Å². The van der Waals surface area contributed by atoms with Gasteiger partial charge < -0.3 is 0 Å². The van der Waals surface area contributed by atoms with Crippen molar-refractivity contribution >= 4 is 0 Å². The maximum atomic E-state index is 3.60. The van der Waals surface area contributed by atoms with Gasteiger partial charge in [-0.25, -0.2) is 0 Å². The first kappa shape index (κ1) is 13.0. The zero-order valence-electron chi connectivity index (χ0n) is 11.7. The van der Waals surface area contributed by atoms with E-state index in [1.807, 2.05) is 0 Å². The SMILES string of the molecule is CC[C@H]1CC[C@H](C#C[C@H]2CC[C@H](C)CC2)CC1. The molecule has 0 aromatic heterocycles. The molecule has 2 aliphatic rings. The maximum absolute atomic E-state index is 3.60. The Labute approximate surface area is 108 Å². The fraction of sp³-hybridized carbons (Fsp3) is 0.882. The minimum Gasteiger partial charge on any atom is -0.0996 e. The van der Waals surface area contributed by atoms with Gasteiger partial charge in [0, 0.05) is 11.8 Å². The van der Waals surface area contributed by atoms with Crippen LogP contribution in [0.3, 0.4) is 0 Å². The molecule has 2 saturated carbocycles. The molecule has 2 fully saturated rings. The summed E-state index contributed by atoms with van der Waals surface area (Å²) >= 11 is 0. The van der Waals surface area contributed by atoms with E-state index in [1.165, 1.54) is 57.8 Å². The molecular weight excluding hydrogens is 204 g/mol. The minimum absolute atomic E-state index is 0.732. The molecule has 2 rings (SSSR count). The molecule has 0 nitrogen and oxygen atoms in total. The first-order valence-corrected chi connectivity index (χ1v) is 7.79. The summed E-state index contributed by atoms with van der Waals surface area (Å²) in [5.74, 6) is 10.6. The predicted molar refractivity (Wildman–Crippen MR) is 74.6 cm³/mol. The first-order chi connectivity index (χ1) is 8.28. The number of hydrogen-bond donors (Lipinski definition) is 0. The van der Waals surface area contributed by atoms with Crippen molar-refractivity contribution in [2.75, 3.05) is 0 Å². The summed E-state index contributed by atoms with van der Waals surface area (Å²) < 4.78 is 0. The largest absolute Gasteiger partial charge is 0.0996 e. The Bertz CT molecular complexity index is 264. The summed E-state index contributed by atoms with van der Waals surface area (Å²) in [5.41, 5.74) is 0. The Morgan fingerprint density at radius 1 is 0.765 bits per heavy atom. The molecule has 0 unspecified atom stereocenters. The van der Waals surface area contributed by atoms with Gasteiger partial charge in [0.05, 0.1) is 0 Å². The van der Waals surface area contributed by atoms with Gasteiger partial charge in [0.25, 0.3) is 0 Å². The monoisotopic (exact) mass is 232 g/mol. The maximum Gasteiger partial charge on any atom is 0.0203 e. The zero-order valence-corrected chi connectivity index (χ0v) is 11.7. The van der Waals surface area contributed by atoms with E-state index >= 15 is 0 Å². The molecule has 0 saturated heterocycles. The minimum atomic E-state index is 0.732. The first-order valence-electron chi connectivity index (χ1n) is 7.79. The molecule has 96 valence electrons. The van der Waals surface area contributed by atoms with Crippen LogP contribution in [0.25, 0.3) is 0 Å². The molecule has 0 spiro atoms. The molecule has 0 amide bonds. The van der Waals surface area contributed by atoms with Crippen LogP contribution < -0.4 is 0 Å². The highest BCUT2D eigenvalue weighted by Gasteiger charge is 2.19. The smallest absolute Gasteiger partial charge is 0.0203 e. The van der Waals surface area contributed by atoms with Crippen LogP contribution in [0.15, 0.2) is 0 Å². The number of rotatable bonds is 1. The quantitative estimate of drug-likeness (QED) is 0.556. The number of hydrogen-bond acceptors (Lipinski definition) is 0. The standard InChI is InChI=1S/C17H28/c1-3-15-8-10-17(11-9-15)13-12-16-6-4-14(2)5-7-16/h14-17H,3-11H2,1-2H3/t14-,15-,16-,17-. The van der Waals surface area contributed by atoms with Crippen LogP contribution in [0, 0.1) is 35.5 Å². The zero-order chi connectivity index (χ0) is 12.1. The van der Waals surface area contributed by atoms with Crippen LogP contribution in [0.1, 0.15) is 71.6 Å². The lowest BCUT2D eigenvalue weighted by Crippen LogP contribution is -2.14. The molecule has 17 heavy (non-hydrogen) atoms. The van der Waals surface area contributed by atoms with E-state index in [-0.39, 0.29) is 0 Å². The predicted octanol–water partition coefficient (Wildman–Crippen LogP) is 5.03. The Morgan fingerprint density at radius 3 is 1.71 bits per heavy atom. The third-order valence-corrected chi connectivity index (χ3v) is 4.93. The van der Waals surface area contributed by atoms with Gasteiger partial charge in [-0.3, -0.25) is 0 Å². The van der Waals surface area contributed by atoms with E-state index < -0.39 is 0 Å². The third kappa shape index (κ3) is 4.06. The van der Waals surface area contributed by atoms with Crippen LogP contribution in [0.2, 0.25) is 0 Å². The van der Waals surface area contributed by atoms with Crippen LogP contribution in [-0.4, -0.2) is 0 Å². The van der Waals surface area contributed by atoms with Crippen molar-refractivity contribution in [3.05, 3.63) is 0 Å². The average Bonchev–Trinajstić information content (AvgIpc) is 2.39. The van der Waals surface area contributed by atoms with Crippen molar-refractivity contribution in [2.45, 2.75) is 71.6 Å². The highest BCUT2D eigenvalue weighted by Crippen LogP contribution is 2.31. The van der Waals surface area contributed by atoms with Gasteiger partial charge in [-0.1, -0.05) is 32.1 Å². The molecule has 0 heterocycles. The van der Waals surface area contributed by atoms with Crippen molar-refractivity contribution in [1.82, 2.24) is 0 Å². The van der Waals surface area contributed by atoms with Crippen molar-refractivity contribution in [1.29, 1.82) is 0 Å². The van der Waals surface area contributed by atoms with E-state index in [9.17, 15) is 0 Å². The molecule has 0 aliphatic heterocycles. The van der Waals surface area contributed by atoms with E-state index in [0.717, 1.165) is 23.7 Å². The molecule has 2 aliphatic carbocycles. The van der Waals surface area contributed by atoms with Gasteiger partial charge in [-0.05, 0) is 63.2 Å². The Kier molecular flexibility index (Phi) is 4.96. The van der Waals surface area contributed by atoms with Crippen LogP contribution in [-0.2, 0) is 0 Å². The van der Waals surface area contributed by atoms with E-state index in [4.69, 9.17) is 0 Å². The van der Waals surface area contributed by atoms with Gasteiger partial charge in [-0.15, -0.1) is 0 Å². The molecular formula is C17H28. The second-order valence-electron chi connectivity index (χ2n) is 6.37. The van der Waals surface area contributed by atoms with Crippen LogP contribution in [0.5, 0.6) is 0 Å². The van der Waals surface area contributed by atoms with E-state index in [0.29, 0.717) is 0 Å². The molecule has 0 radical (unpaired) electrons. The Balaban J connectivity index is 1.74. The fourth-order valence-electron chi connectivity index (χ4n) is 3.36. The summed E-state index contributed by atoms with van der Waals surface area (Å²) in [6.07, 6.45) is 12.5. The normalized spacial score (nSPS) is 38.2. The molecule has 0 aromatic rings. The molecule has 0 aromatic carbocycles. The van der Waals surface area contributed by atoms with Gasteiger partial charge >= 0.3 is 0 Å². The summed E-state index contributed by atoms with van der Waals surface area (Å²) in [5, 5.41) is 0. The lowest BCUT2D eigenvalue weighted by atomic mass is 9.80. The van der Waals surface area contributed by atoms with Gasteiger partial charge in [-0.2, -0.15) is 0 Å². The second kappa shape index (κ2) is 6.48. The average molecular weight is 232 g/mol. The van der Waals surface area contributed by atoms with E-state index in [1.54, 1.807) is 0 Å². The third-order valence-electron chi connectivity index (χ3n) is 4.93. The highest BCUT2D eigenvalue weighted by molar-refractivity contribution is 5.08. The van der Waals surface area contributed by atoms with Crippen LogP contribution >= 0.6 is 0 Å². The highest BCUT2D eigenvalue weighted by atomic mass is 14.2. The summed E-state index contributed by atoms with van der Waals surface area (Å²) in [6.45, 7) is 4.72. The Morgan fingerprint density at radius 2 is 1.24 bits per heavy atom. The summed E-state index contributed by atoms with van der Waals surface area (Å²) in [7, 11) is 0. The fourth-order valence-corrected chi connectivity index (χ4v) is 3.36. The van der Waals surface area contributed by atoms with E-state index in [2.05, 4.69) is 25.7 Å². The van der Waals surface area contributed by atoms with Gasteiger partial charge in [0.15, 0.2) is 0 Å². The van der Waals surface area contributed by atoms with Crippen molar-refractivity contribution < 1.29 is 0 Å². The van der Waals surface area contributed by atoms with Crippen molar-refractivity contribution in [3.63, 3.8) is 0 Å². The van der Waals surface area contributed by atoms with Crippen molar-refractivity contribution in [2.24, 2.45) is 23.7 Å². The van der Waals surface area contributed by atoms with Gasteiger partial charge in [0.2, 0.25) is 0 Å². The lowest BCUT2D eigenvalue weighted by molar-refractivity contribution is 0.308.